The highest BCUT2D eigenvalue weighted by Gasteiger charge is 2.22. The lowest BCUT2D eigenvalue weighted by atomic mass is 9.91. The van der Waals surface area contributed by atoms with Crippen LogP contribution in [0.25, 0.3) is 0 Å². The van der Waals surface area contributed by atoms with Gasteiger partial charge < -0.3 is 5.32 Å². The van der Waals surface area contributed by atoms with Crippen LogP contribution in [-0.2, 0) is 0 Å². The largest absolute Gasteiger partial charge is 0.317 e. The second kappa shape index (κ2) is 5.46. The van der Waals surface area contributed by atoms with E-state index in [4.69, 9.17) is 11.6 Å². The van der Waals surface area contributed by atoms with Gasteiger partial charge in [-0.2, -0.15) is 0 Å². The molecule has 1 unspecified atom stereocenters. The molecule has 16 heavy (non-hydrogen) atoms. The van der Waals surface area contributed by atoms with Crippen LogP contribution in [0.4, 0.5) is 0 Å². The van der Waals surface area contributed by atoms with Crippen molar-refractivity contribution in [2.75, 3.05) is 13.1 Å². The predicted molar refractivity (Wildman–Crippen MR) is 66.0 cm³/mol. The van der Waals surface area contributed by atoms with Gasteiger partial charge in [0.1, 0.15) is 0 Å². The number of hydrogen-bond donors (Lipinski definition) is 1. The standard InChI is InChI=1S/C13H16ClNO/c14-12-6-2-1-5-11(12)13(16)10-4-3-8-15-9-7-10/h1-2,5-6,10,15H,3-4,7-9H2. The Balaban J connectivity index is 2.14. The van der Waals surface area contributed by atoms with E-state index in [1.165, 1.54) is 0 Å². The van der Waals surface area contributed by atoms with Gasteiger partial charge in [-0.1, -0.05) is 23.7 Å². The number of rotatable bonds is 2. The van der Waals surface area contributed by atoms with Gasteiger partial charge >= 0.3 is 0 Å². The van der Waals surface area contributed by atoms with Crippen LogP contribution in [0.1, 0.15) is 29.6 Å². The van der Waals surface area contributed by atoms with Gasteiger partial charge in [0.15, 0.2) is 5.78 Å². The van der Waals surface area contributed by atoms with Crippen molar-refractivity contribution in [1.82, 2.24) is 5.32 Å². The number of halogens is 1. The number of carbonyl (C=O) groups is 1. The Labute approximate surface area is 101 Å². The molecular formula is C13H16ClNO. The van der Waals surface area contributed by atoms with Gasteiger partial charge in [-0.25, -0.2) is 0 Å². The van der Waals surface area contributed by atoms with Crippen LogP contribution in [0.2, 0.25) is 5.02 Å². The lowest BCUT2D eigenvalue weighted by Crippen LogP contribution is -2.18. The number of benzene rings is 1. The summed E-state index contributed by atoms with van der Waals surface area (Å²) in [7, 11) is 0. The molecule has 1 aromatic rings. The van der Waals surface area contributed by atoms with E-state index in [9.17, 15) is 4.79 Å². The van der Waals surface area contributed by atoms with Crippen LogP contribution in [-0.4, -0.2) is 18.9 Å². The van der Waals surface area contributed by atoms with Crippen molar-refractivity contribution in [3.8, 4) is 0 Å². The average Bonchev–Trinajstić information content (AvgIpc) is 2.57. The molecule has 1 aliphatic heterocycles. The summed E-state index contributed by atoms with van der Waals surface area (Å²) in [5.74, 6) is 0.337. The summed E-state index contributed by atoms with van der Waals surface area (Å²) in [6.07, 6.45) is 2.96. The molecule has 2 rings (SSSR count). The maximum absolute atomic E-state index is 12.3. The molecule has 0 spiro atoms. The van der Waals surface area contributed by atoms with Gasteiger partial charge in [0.25, 0.3) is 0 Å². The molecule has 0 amide bonds. The van der Waals surface area contributed by atoms with Gasteiger partial charge in [-0.05, 0) is 44.5 Å². The number of nitrogens with one attached hydrogen (secondary N) is 1. The second-order valence-electron chi connectivity index (χ2n) is 4.22. The lowest BCUT2D eigenvalue weighted by Gasteiger charge is -2.13. The minimum atomic E-state index is 0.134. The SMILES string of the molecule is O=C(c1ccccc1Cl)C1CCCNCC1. The molecular weight excluding hydrogens is 222 g/mol. The minimum absolute atomic E-state index is 0.134. The summed E-state index contributed by atoms with van der Waals surface area (Å²) >= 11 is 6.04. The van der Waals surface area contributed by atoms with Gasteiger partial charge in [0, 0.05) is 11.5 Å². The monoisotopic (exact) mass is 237 g/mol. The smallest absolute Gasteiger partial charge is 0.167 e. The van der Waals surface area contributed by atoms with Crippen molar-refractivity contribution in [3.63, 3.8) is 0 Å². The zero-order valence-electron chi connectivity index (χ0n) is 9.21. The van der Waals surface area contributed by atoms with Gasteiger partial charge in [0.2, 0.25) is 0 Å². The average molecular weight is 238 g/mol. The molecule has 1 saturated heterocycles. The first-order valence-corrected chi connectivity index (χ1v) is 6.16. The molecule has 1 N–H and O–H groups in total. The van der Waals surface area contributed by atoms with Crippen molar-refractivity contribution in [2.45, 2.75) is 19.3 Å². The first-order valence-electron chi connectivity index (χ1n) is 5.78. The van der Waals surface area contributed by atoms with Crippen molar-refractivity contribution < 1.29 is 4.79 Å². The first-order chi connectivity index (χ1) is 7.79. The molecule has 1 atom stereocenters. The molecule has 1 fully saturated rings. The van der Waals surface area contributed by atoms with E-state index in [1.54, 1.807) is 6.07 Å². The van der Waals surface area contributed by atoms with E-state index in [1.807, 2.05) is 18.2 Å². The molecule has 0 aromatic heterocycles. The van der Waals surface area contributed by atoms with Crippen LogP contribution in [0.15, 0.2) is 24.3 Å². The van der Waals surface area contributed by atoms with E-state index in [-0.39, 0.29) is 11.7 Å². The summed E-state index contributed by atoms with van der Waals surface area (Å²) in [5.41, 5.74) is 0.677. The van der Waals surface area contributed by atoms with Crippen LogP contribution < -0.4 is 5.32 Å². The molecule has 1 heterocycles. The Morgan fingerprint density at radius 2 is 2.06 bits per heavy atom. The molecule has 86 valence electrons. The number of hydrogen-bond acceptors (Lipinski definition) is 2. The number of ketones is 1. The van der Waals surface area contributed by atoms with E-state index in [0.717, 1.165) is 32.4 Å². The topological polar surface area (TPSA) is 29.1 Å². The summed E-state index contributed by atoms with van der Waals surface area (Å²) in [6.45, 7) is 1.95. The third kappa shape index (κ3) is 2.63. The van der Waals surface area contributed by atoms with Gasteiger partial charge in [0.05, 0.1) is 5.02 Å². The molecule has 0 radical (unpaired) electrons. The van der Waals surface area contributed by atoms with E-state index >= 15 is 0 Å². The Bertz CT molecular complexity index is 370. The maximum Gasteiger partial charge on any atom is 0.167 e. The summed E-state index contributed by atoms with van der Waals surface area (Å²) < 4.78 is 0. The van der Waals surface area contributed by atoms with Crippen LogP contribution in [0, 0.1) is 5.92 Å². The summed E-state index contributed by atoms with van der Waals surface area (Å²) in [5, 5.41) is 3.89. The molecule has 3 heteroatoms. The highest BCUT2D eigenvalue weighted by molar-refractivity contribution is 6.34. The third-order valence-electron chi connectivity index (χ3n) is 3.09. The van der Waals surface area contributed by atoms with Crippen LogP contribution in [0.5, 0.6) is 0 Å². The van der Waals surface area contributed by atoms with Crippen molar-refractivity contribution in [2.24, 2.45) is 5.92 Å². The molecule has 2 nitrogen and oxygen atoms in total. The minimum Gasteiger partial charge on any atom is -0.317 e. The fraction of sp³-hybridized carbons (Fsp3) is 0.462. The van der Waals surface area contributed by atoms with Crippen molar-refractivity contribution >= 4 is 17.4 Å². The van der Waals surface area contributed by atoms with E-state index < -0.39 is 0 Å². The Morgan fingerprint density at radius 3 is 2.88 bits per heavy atom. The van der Waals surface area contributed by atoms with Crippen molar-refractivity contribution in [1.29, 1.82) is 0 Å². The quantitative estimate of drug-likeness (QED) is 0.802. The van der Waals surface area contributed by atoms with Crippen molar-refractivity contribution in [3.05, 3.63) is 34.9 Å². The van der Waals surface area contributed by atoms with Crippen LogP contribution >= 0.6 is 11.6 Å². The Hall–Kier alpha value is -0.860. The van der Waals surface area contributed by atoms with Gasteiger partial charge in [-0.3, -0.25) is 4.79 Å². The normalized spacial score (nSPS) is 21.4. The number of Topliss-reactive ketones (excluding diaryl/α,β-unsaturated/α-hetero) is 1. The molecule has 1 aliphatic rings. The summed E-state index contributed by atoms with van der Waals surface area (Å²) in [4.78, 5) is 12.3. The fourth-order valence-electron chi connectivity index (χ4n) is 2.16. The first kappa shape index (κ1) is 11.6. The highest BCUT2D eigenvalue weighted by atomic mass is 35.5. The molecule has 1 aromatic carbocycles. The van der Waals surface area contributed by atoms with Crippen LogP contribution in [0.3, 0.4) is 0 Å². The highest BCUT2D eigenvalue weighted by Crippen LogP contribution is 2.23. The van der Waals surface area contributed by atoms with E-state index in [0.29, 0.717) is 10.6 Å². The third-order valence-corrected chi connectivity index (χ3v) is 3.42. The lowest BCUT2D eigenvalue weighted by molar-refractivity contribution is 0.0910. The predicted octanol–water partition coefficient (Wildman–Crippen LogP) is 2.91. The maximum atomic E-state index is 12.3. The molecule has 0 saturated carbocycles. The van der Waals surface area contributed by atoms with Gasteiger partial charge in [-0.15, -0.1) is 0 Å². The Kier molecular flexibility index (Phi) is 3.97. The Morgan fingerprint density at radius 1 is 1.25 bits per heavy atom. The zero-order chi connectivity index (χ0) is 11.4. The zero-order valence-corrected chi connectivity index (χ0v) is 9.96. The summed E-state index contributed by atoms with van der Waals surface area (Å²) in [6, 6.07) is 7.33. The van der Waals surface area contributed by atoms with E-state index in [2.05, 4.69) is 5.32 Å². The molecule has 0 bridgehead atoms. The number of carbonyl (C=O) groups excluding carboxylic acids is 1. The second-order valence-corrected chi connectivity index (χ2v) is 4.63. The fourth-order valence-corrected chi connectivity index (χ4v) is 2.39. The molecule has 0 aliphatic carbocycles.